The van der Waals surface area contributed by atoms with Crippen molar-refractivity contribution in [1.82, 2.24) is 14.5 Å². The maximum absolute atomic E-state index is 4.45. The number of rotatable bonds is 4. The molecule has 2 atom stereocenters. The van der Waals surface area contributed by atoms with E-state index in [-0.39, 0.29) is 0 Å². The molecule has 18 heavy (non-hydrogen) atoms. The number of piperidine rings is 1. The van der Waals surface area contributed by atoms with Crippen molar-refractivity contribution in [2.24, 2.45) is 5.92 Å². The topological polar surface area (TPSA) is 33.1 Å². The Morgan fingerprint density at radius 3 is 2.94 bits per heavy atom. The van der Waals surface area contributed by atoms with E-state index in [4.69, 9.17) is 0 Å². The van der Waals surface area contributed by atoms with Gasteiger partial charge in [0.25, 0.3) is 0 Å². The molecule has 0 spiro atoms. The van der Waals surface area contributed by atoms with Gasteiger partial charge < -0.3 is 14.8 Å². The Labute approximate surface area is 110 Å². The number of hydrogen-bond acceptors (Lipinski definition) is 3. The molecule has 0 bridgehead atoms. The van der Waals surface area contributed by atoms with Crippen LogP contribution in [0, 0.1) is 5.92 Å². The predicted octanol–water partition coefficient (Wildman–Crippen LogP) is 2.61. The van der Waals surface area contributed by atoms with Crippen LogP contribution in [0.4, 0.5) is 5.95 Å². The van der Waals surface area contributed by atoms with Gasteiger partial charge in [0.15, 0.2) is 0 Å². The average molecular weight is 250 g/mol. The van der Waals surface area contributed by atoms with Crippen LogP contribution in [-0.2, 0) is 0 Å². The van der Waals surface area contributed by atoms with Gasteiger partial charge in [-0.25, -0.2) is 4.98 Å². The van der Waals surface area contributed by atoms with Crippen LogP contribution in [0.25, 0.3) is 0 Å². The summed E-state index contributed by atoms with van der Waals surface area (Å²) >= 11 is 0. The van der Waals surface area contributed by atoms with Crippen LogP contribution in [0.2, 0.25) is 0 Å². The lowest BCUT2D eigenvalue weighted by molar-refractivity contribution is 0.157. The van der Waals surface area contributed by atoms with E-state index in [1.54, 1.807) is 0 Å². The maximum Gasteiger partial charge on any atom is 0.203 e. The van der Waals surface area contributed by atoms with E-state index in [2.05, 4.69) is 53.8 Å². The number of imidazole rings is 1. The SMILES string of the molecule is CC(C)CNc1nccn1C1CCN(C)C(C)C1. The van der Waals surface area contributed by atoms with E-state index in [9.17, 15) is 0 Å². The standard InChI is InChI=1S/C14H26N4/c1-11(2)10-16-14-15-6-8-18(14)13-5-7-17(4)12(3)9-13/h6,8,11-13H,5,7,9-10H2,1-4H3,(H,15,16). The van der Waals surface area contributed by atoms with Crippen LogP contribution in [-0.4, -0.2) is 40.6 Å². The number of aromatic nitrogens is 2. The summed E-state index contributed by atoms with van der Waals surface area (Å²) < 4.78 is 2.33. The van der Waals surface area contributed by atoms with Crippen molar-refractivity contribution in [2.75, 3.05) is 25.5 Å². The number of nitrogens with one attached hydrogen (secondary N) is 1. The summed E-state index contributed by atoms with van der Waals surface area (Å²) in [6.45, 7) is 8.91. The number of likely N-dealkylation sites (tertiary alicyclic amines) is 1. The summed E-state index contributed by atoms with van der Waals surface area (Å²) in [7, 11) is 2.22. The number of anilines is 1. The van der Waals surface area contributed by atoms with Crippen molar-refractivity contribution in [3.63, 3.8) is 0 Å². The molecule has 0 aliphatic carbocycles. The average Bonchev–Trinajstić information content (AvgIpc) is 2.78. The fourth-order valence-electron chi connectivity index (χ4n) is 2.56. The monoisotopic (exact) mass is 250 g/mol. The van der Waals surface area contributed by atoms with Gasteiger partial charge in [0, 0.05) is 37.6 Å². The van der Waals surface area contributed by atoms with Crippen molar-refractivity contribution in [3.05, 3.63) is 12.4 Å². The number of nitrogens with zero attached hydrogens (tertiary/aromatic N) is 3. The molecule has 1 fully saturated rings. The lowest BCUT2D eigenvalue weighted by Gasteiger charge is -2.36. The third-order valence-electron chi connectivity index (χ3n) is 3.91. The normalized spacial score (nSPS) is 25.6. The largest absolute Gasteiger partial charge is 0.355 e. The van der Waals surface area contributed by atoms with Gasteiger partial charge in [0.2, 0.25) is 5.95 Å². The van der Waals surface area contributed by atoms with Gasteiger partial charge in [-0.15, -0.1) is 0 Å². The first kappa shape index (κ1) is 13.4. The van der Waals surface area contributed by atoms with E-state index in [1.165, 1.54) is 19.4 Å². The molecule has 0 amide bonds. The van der Waals surface area contributed by atoms with Crippen LogP contribution in [0.1, 0.15) is 39.7 Å². The number of hydrogen-bond donors (Lipinski definition) is 1. The summed E-state index contributed by atoms with van der Waals surface area (Å²) in [6, 6.07) is 1.25. The summed E-state index contributed by atoms with van der Waals surface area (Å²) in [5.41, 5.74) is 0. The molecule has 1 aromatic rings. The lowest BCUT2D eigenvalue weighted by atomic mass is 9.99. The van der Waals surface area contributed by atoms with E-state index in [0.29, 0.717) is 18.0 Å². The highest BCUT2D eigenvalue weighted by molar-refractivity contribution is 5.26. The van der Waals surface area contributed by atoms with Crippen LogP contribution in [0.5, 0.6) is 0 Å². The molecule has 0 aromatic carbocycles. The lowest BCUT2D eigenvalue weighted by Crippen LogP contribution is -2.38. The molecule has 102 valence electrons. The first-order valence-electron chi connectivity index (χ1n) is 7.05. The molecule has 2 unspecified atom stereocenters. The highest BCUT2D eigenvalue weighted by Crippen LogP contribution is 2.28. The van der Waals surface area contributed by atoms with Gasteiger partial charge in [-0.2, -0.15) is 0 Å². The quantitative estimate of drug-likeness (QED) is 0.891. The molecule has 4 nitrogen and oxygen atoms in total. The second kappa shape index (κ2) is 5.74. The van der Waals surface area contributed by atoms with Gasteiger partial charge in [-0.3, -0.25) is 0 Å². The van der Waals surface area contributed by atoms with Crippen LogP contribution >= 0.6 is 0 Å². The van der Waals surface area contributed by atoms with Crippen LogP contribution in [0.3, 0.4) is 0 Å². The molecular formula is C14H26N4. The Kier molecular flexibility index (Phi) is 4.27. The maximum atomic E-state index is 4.45. The summed E-state index contributed by atoms with van der Waals surface area (Å²) in [5, 5.41) is 3.45. The minimum absolute atomic E-state index is 0.591. The van der Waals surface area contributed by atoms with Crippen molar-refractivity contribution >= 4 is 5.95 Å². The molecular weight excluding hydrogens is 224 g/mol. The summed E-state index contributed by atoms with van der Waals surface area (Å²) in [4.78, 5) is 6.88. The van der Waals surface area contributed by atoms with Crippen LogP contribution in [0.15, 0.2) is 12.4 Å². The van der Waals surface area contributed by atoms with Crippen LogP contribution < -0.4 is 5.32 Å². The zero-order valence-electron chi connectivity index (χ0n) is 12.1. The minimum atomic E-state index is 0.591. The van der Waals surface area contributed by atoms with E-state index >= 15 is 0 Å². The van der Waals surface area contributed by atoms with E-state index in [0.717, 1.165) is 12.5 Å². The molecule has 1 saturated heterocycles. The first-order valence-corrected chi connectivity index (χ1v) is 7.05. The molecule has 1 N–H and O–H groups in total. The zero-order valence-corrected chi connectivity index (χ0v) is 12.1. The molecule has 0 saturated carbocycles. The van der Waals surface area contributed by atoms with Crippen molar-refractivity contribution in [1.29, 1.82) is 0 Å². The minimum Gasteiger partial charge on any atom is -0.355 e. The molecule has 4 heteroatoms. The zero-order chi connectivity index (χ0) is 13.1. The van der Waals surface area contributed by atoms with Gasteiger partial charge in [-0.05, 0) is 32.7 Å². The highest BCUT2D eigenvalue weighted by atomic mass is 15.2. The Morgan fingerprint density at radius 1 is 1.50 bits per heavy atom. The Balaban J connectivity index is 2.02. The highest BCUT2D eigenvalue weighted by Gasteiger charge is 2.25. The second-order valence-electron chi connectivity index (χ2n) is 5.94. The molecule has 1 aliphatic rings. The molecule has 1 aliphatic heterocycles. The van der Waals surface area contributed by atoms with Gasteiger partial charge in [0.05, 0.1) is 0 Å². The van der Waals surface area contributed by atoms with Gasteiger partial charge in [0.1, 0.15) is 0 Å². The molecule has 1 aromatic heterocycles. The first-order chi connectivity index (χ1) is 8.58. The fraction of sp³-hybridized carbons (Fsp3) is 0.786. The third-order valence-corrected chi connectivity index (χ3v) is 3.91. The van der Waals surface area contributed by atoms with Crippen molar-refractivity contribution in [3.8, 4) is 0 Å². The van der Waals surface area contributed by atoms with E-state index in [1.807, 2.05) is 6.20 Å². The Bertz CT molecular complexity index is 372. The summed E-state index contributed by atoms with van der Waals surface area (Å²) in [5.74, 6) is 1.68. The van der Waals surface area contributed by atoms with Crippen molar-refractivity contribution in [2.45, 2.75) is 45.7 Å². The third kappa shape index (κ3) is 3.05. The predicted molar refractivity (Wildman–Crippen MR) is 75.9 cm³/mol. The second-order valence-corrected chi connectivity index (χ2v) is 5.94. The Hall–Kier alpha value is -1.03. The van der Waals surface area contributed by atoms with Gasteiger partial charge in [-0.1, -0.05) is 13.8 Å². The fourth-order valence-corrected chi connectivity index (χ4v) is 2.56. The smallest absolute Gasteiger partial charge is 0.203 e. The van der Waals surface area contributed by atoms with E-state index < -0.39 is 0 Å². The Morgan fingerprint density at radius 2 is 2.28 bits per heavy atom. The molecule has 0 radical (unpaired) electrons. The molecule has 2 heterocycles. The van der Waals surface area contributed by atoms with Crippen molar-refractivity contribution < 1.29 is 0 Å². The molecule has 2 rings (SSSR count). The van der Waals surface area contributed by atoms with Gasteiger partial charge >= 0.3 is 0 Å². The summed E-state index contributed by atoms with van der Waals surface area (Å²) in [6.07, 6.45) is 6.45.